The van der Waals surface area contributed by atoms with E-state index < -0.39 is 13.2 Å². The van der Waals surface area contributed by atoms with Crippen LogP contribution in [0.3, 0.4) is 0 Å². The van der Waals surface area contributed by atoms with Crippen LogP contribution < -0.4 is 10.9 Å². The molecule has 1 aliphatic rings. The summed E-state index contributed by atoms with van der Waals surface area (Å²) in [5.41, 5.74) is 0.495. The molecule has 0 spiro atoms. The summed E-state index contributed by atoms with van der Waals surface area (Å²) in [5.74, 6) is -0.341. The molecule has 23 heavy (non-hydrogen) atoms. The van der Waals surface area contributed by atoms with Crippen LogP contribution in [0.15, 0.2) is 47.3 Å². The van der Waals surface area contributed by atoms with Crippen molar-refractivity contribution in [2.24, 2.45) is 0 Å². The first kappa shape index (κ1) is 14.0. The number of carbonyl (C=O) groups excluding carboxylic acids is 1. The first-order valence-electron chi connectivity index (χ1n) is 6.65. The van der Waals surface area contributed by atoms with Crippen molar-refractivity contribution in [3.05, 3.63) is 64.2 Å². The highest BCUT2D eigenvalue weighted by molar-refractivity contribution is 7.60. The number of aromatic nitrogens is 2. The Balaban J connectivity index is 2.12. The monoisotopic (exact) mass is 328 g/mol. The summed E-state index contributed by atoms with van der Waals surface area (Å²) in [5, 5.41) is -0.207. The van der Waals surface area contributed by atoms with E-state index in [0.29, 0.717) is 11.3 Å². The lowest BCUT2D eigenvalue weighted by Crippen LogP contribution is -2.22. The fourth-order valence-corrected chi connectivity index (χ4v) is 3.28. The number of rotatable bonds is 1. The van der Waals surface area contributed by atoms with Crippen molar-refractivity contribution >= 4 is 29.6 Å². The topological polar surface area (TPSA) is 109 Å². The molecule has 2 aromatic carbocycles. The Labute approximate surface area is 129 Å². The van der Waals surface area contributed by atoms with E-state index in [1.165, 1.54) is 16.7 Å². The van der Waals surface area contributed by atoms with Gasteiger partial charge in [0.25, 0.3) is 5.56 Å². The first-order valence-corrected chi connectivity index (χ1v) is 8.26. The zero-order chi connectivity index (χ0) is 16.4. The van der Waals surface area contributed by atoms with Gasteiger partial charge in [0.1, 0.15) is 0 Å². The van der Waals surface area contributed by atoms with Gasteiger partial charge in [0.05, 0.1) is 27.5 Å². The van der Waals surface area contributed by atoms with Gasteiger partial charge in [-0.15, -0.1) is 0 Å². The van der Waals surface area contributed by atoms with E-state index in [2.05, 4.69) is 4.98 Å². The zero-order valence-corrected chi connectivity index (χ0v) is 12.4. The molecule has 1 aliphatic heterocycles. The molecule has 2 heterocycles. The van der Waals surface area contributed by atoms with Gasteiger partial charge >= 0.3 is 7.60 Å². The predicted octanol–water partition coefficient (Wildman–Crippen LogP) is 0.733. The number of benzene rings is 2. The standard InChI is InChI=1S/C15H9N2O5P/c18-13-9-3-1-2-4-12(9)17-14(13)16-11-6-5-8(23(20,21)22)7-10(11)15(17)19/h1-7H,(H2,20,21,22). The van der Waals surface area contributed by atoms with Crippen LogP contribution in [0.5, 0.6) is 0 Å². The first-order chi connectivity index (χ1) is 10.9. The molecular formula is C15H9N2O5P. The number of carbonyl (C=O) groups is 1. The van der Waals surface area contributed by atoms with Crippen LogP contribution in [0.25, 0.3) is 16.6 Å². The summed E-state index contributed by atoms with van der Waals surface area (Å²) in [4.78, 5) is 47.8. The van der Waals surface area contributed by atoms with Crippen LogP contribution in [-0.4, -0.2) is 25.1 Å². The normalized spacial score (nSPS) is 13.2. The number of ketones is 1. The van der Waals surface area contributed by atoms with E-state index in [0.717, 1.165) is 6.07 Å². The molecule has 0 saturated heterocycles. The van der Waals surface area contributed by atoms with Gasteiger partial charge in [-0.1, -0.05) is 12.1 Å². The molecule has 2 N–H and O–H groups in total. The van der Waals surface area contributed by atoms with Crippen LogP contribution in [0.1, 0.15) is 16.2 Å². The maximum Gasteiger partial charge on any atom is 0.356 e. The molecule has 8 heteroatoms. The largest absolute Gasteiger partial charge is 0.356 e. The van der Waals surface area contributed by atoms with Gasteiger partial charge in [-0.05, 0) is 30.3 Å². The third-order valence-corrected chi connectivity index (χ3v) is 4.73. The average molecular weight is 328 g/mol. The predicted molar refractivity (Wildman–Crippen MR) is 82.5 cm³/mol. The number of para-hydroxylation sites is 1. The molecule has 0 bridgehead atoms. The van der Waals surface area contributed by atoms with Crippen molar-refractivity contribution < 1.29 is 19.1 Å². The molecule has 7 nitrogen and oxygen atoms in total. The highest BCUT2D eigenvalue weighted by atomic mass is 31.2. The summed E-state index contributed by atoms with van der Waals surface area (Å²) >= 11 is 0. The number of nitrogens with zero attached hydrogens (tertiary/aromatic N) is 2. The second-order valence-electron chi connectivity index (χ2n) is 5.17. The summed E-state index contributed by atoms with van der Waals surface area (Å²) in [6.07, 6.45) is 0. The Bertz CT molecular complexity index is 1110. The van der Waals surface area contributed by atoms with Crippen LogP contribution in [0.4, 0.5) is 0 Å². The zero-order valence-electron chi connectivity index (χ0n) is 11.5. The highest BCUT2D eigenvalue weighted by Gasteiger charge is 2.30. The second-order valence-corrected chi connectivity index (χ2v) is 6.77. The molecule has 0 aliphatic carbocycles. The van der Waals surface area contributed by atoms with Crippen molar-refractivity contribution in [1.82, 2.24) is 9.55 Å². The Kier molecular flexibility index (Phi) is 2.72. The van der Waals surface area contributed by atoms with E-state index in [1.807, 2.05) is 0 Å². The van der Waals surface area contributed by atoms with Gasteiger partial charge in [-0.25, -0.2) is 4.98 Å². The number of hydrogen-bond donors (Lipinski definition) is 2. The number of hydrogen-bond acceptors (Lipinski definition) is 4. The molecule has 114 valence electrons. The molecule has 0 unspecified atom stereocenters. The fraction of sp³-hybridized carbons (Fsp3) is 0. The smallest absolute Gasteiger partial charge is 0.321 e. The van der Waals surface area contributed by atoms with Gasteiger partial charge in [0, 0.05) is 0 Å². The maximum atomic E-state index is 12.7. The minimum atomic E-state index is -4.48. The quantitative estimate of drug-likeness (QED) is 0.499. The fourth-order valence-electron chi connectivity index (χ4n) is 2.71. The molecule has 0 saturated carbocycles. The molecule has 0 radical (unpaired) electrons. The van der Waals surface area contributed by atoms with Crippen LogP contribution in [0, 0.1) is 0 Å². The molecule has 3 aromatic rings. The summed E-state index contributed by atoms with van der Waals surface area (Å²) in [6.45, 7) is 0. The molecule has 4 rings (SSSR count). The highest BCUT2D eigenvalue weighted by Crippen LogP contribution is 2.34. The van der Waals surface area contributed by atoms with E-state index in [1.54, 1.807) is 24.3 Å². The minimum absolute atomic E-state index is 0.00706. The van der Waals surface area contributed by atoms with E-state index in [-0.39, 0.29) is 27.8 Å². The minimum Gasteiger partial charge on any atom is -0.321 e. The third kappa shape index (κ3) is 1.91. The second kappa shape index (κ2) is 4.45. The molecule has 0 atom stereocenters. The maximum absolute atomic E-state index is 12.7. The third-order valence-electron chi connectivity index (χ3n) is 3.78. The average Bonchev–Trinajstić information content (AvgIpc) is 2.80. The Morgan fingerprint density at radius 3 is 2.52 bits per heavy atom. The van der Waals surface area contributed by atoms with Crippen molar-refractivity contribution in [3.63, 3.8) is 0 Å². The summed E-state index contributed by atoms with van der Waals surface area (Å²) < 4.78 is 12.6. The number of fused-ring (bicyclic) bond motifs is 4. The van der Waals surface area contributed by atoms with Crippen molar-refractivity contribution in [2.75, 3.05) is 0 Å². The van der Waals surface area contributed by atoms with Gasteiger partial charge < -0.3 is 9.79 Å². The van der Waals surface area contributed by atoms with Crippen molar-refractivity contribution in [1.29, 1.82) is 0 Å². The Morgan fingerprint density at radius 2 is 1.78 bits per heavy atom. The van der Waals surface area contributed by atoms with Crippen molar-refractivity contribution in [2.45, 2.75) is 0 Å². The lowest BCUT2D eigenvalue weighted by atomic mass is 10.1. The Hall–Kier alpha value is -2.60. The molecule has 0 fully saturated rings. The Morgan fingerprint density at radius 1 is 1.04 bits per heavy atom. The van der Waals surface area contributed by atoms with E-state index in [4.69, 9.17) is 0 Å². The SMILES string of the molecule is O=C1c2ccccc2-n2c1nc1ccc(P(=O)(O)O)cc1c2=O. The van der Waals surface area contributed by atoms with Gasteiger partial charge in [0.15, 0.2) is 5.82 Å². The lowest BCUT2D eigenvalue weighted by Gasteiger charge is -2.08. The van der Waals surface area contributed by atoms with Gasteiger partial charge in [-0.2, -0.15) is 0 Å². The van der Waals surface area contributed by atoms with Gasteiger partial charge in [0.2, 0.25) is 5.78 Å². The molecule has 1 aromatic heterocycles. The lowest BCUT2D eigenvalue weighted by molar-refractivity contribution is 0.103. The van der Waals surface area contributed by atoms with Crippen LogP contribution >= 0.6 is 7.60 Å². The van der Waals surface area contributed by atoms with Crippen molar-refractivity contribution in [3.8, 4) is 5.69 Å². The van der Waals surface area contributed by atoms with Crippen LogP contribution in [0.2, 0.25) is 0 Å². The molecule has 0 amide bonds. The molecular weight excluding hydrogens is 319 g/mol. The summed E-state index contributed by atoms with van der Waals surface area (Å²) in [7, 11) is -4.48. The van der Waals surface area contributed by atoms with E-state index >= 15 is 0 Å². The van der Waals surface area contributed by atoms with E-state index in [9.17, 15) is 23.9 Å². The van der Waals surface area contributed by atoms with Gasteiger partial charge in [-0.3, -0.25) is 18.7 Å². The van der Waals surface area contributed by atoms with Crippen LogP contribution in [-0.2, 0) is 4.57 Å². The summed E-state index contributed by atoms with van der Waals surface area (Å²) in [6, 6.07) is 10.3.